The summed E-state index contributed by atoms with van der Waals surface area (Å²) >= 11 is 7.39. The van der Waals surface area contributed by atoms with Crippen molar-refractivity contribution in [3.05, 3.63) is 81.9 Å². The number of nitrogens with one attached hydrogen (secondary N) is 1. The summed E-state index contributed by atoms with van der Waals surface area (Å²) in [6.45, 7) is 0.293. The van der Waals surface area contributed by atoms with E-state index < -0.39 is 0 Å². The summed E-state index contributed by atoms with van der Waals surface area (Å²) < 4.78 is 13.1. The van der Waals surface area contributed by atoms with Crippen LogP contribution in [-0.4, -0.2) is 5.91 Å². The zero-order valence-corrected chi connectivity index (χ0v) is 13.6. The first-order valence-corrected chi connectivity index (χ1v) is 8.20. The van der Waals surface area contributed by atoms with Crippen LogP contribution in [0.25, 0.3) is 10.4 Å². The maximum Gasteiger partial charge on any atom is 0.261 e. The highest BCUT2D eigenvalue weighted by Gasteiger charge is 2.10. The highest BCUT2D eigenvalue weighted by atomic mass is 35.5. The third kappa shape index (κ3) is 3.97. The van der Waals surface area contributed by atoms with Crippen LogP contribution in [0.15, 0.2) is 60.7 Å². The highest BCUT2D eigenvalue weighted by molar-refractivity contribution is 7.17. The van der Waals surface area contributed by atoms with Gasteiger partial charge >= 0.3 is 0 Å². The van der Waals surface area contributed by atoms with E-state index in [9.17, 15) is 9.18 Å². The maximum absolute atomic E-state index is 13.1. The minimum atomic E-state index is -0.309. The topological polar surface area (TPSA) is 29.1 Å². The van der Waals surface area contributed by atoms with Crippen molar-refractivity contribution in [3.63, 3.8) is 0 Å². The van der Waals surface area contributed by atoms with Gasteiger partial charge in [0, 0.05) is 16.4 Å². The van der Waals surface area contributed by atoms with E-state index in [0.29, 0.717) is 16.4 Å². The molecule has 0 fully saturated rings. The van der Waals surface area contributed by atoms with Gasteiger partial charge in [0.25, 0.3) is 5.91 Å². The molecule has 1 aromatic heterocycles. The SMILES string of the molecule is O=C(NCc1cccc(F)c1)c1ccc(-c2cccc(Cl)c2)s1. The Morgan fingerprint density at radius 1 is 1.09 bits per heavy atom. The number of rotatable bonds is 4. The molecule has 1 heterocycles. The van der Waals surface area contributed by atoms with Gasteiger partial charge in [-0.25, -0.2) is 4.39 Å². The van der Waals surface area contributed by atoms with E-state index in [1.807, 2.05) is 30.3 Å². The molecule has 116 valence electrons. The van der Waals surface area contributed by atoms with E-state index in [4.69, 9.17) is 11.6 Å². The molecule has 1 N–H and O–H groups in total. The number of benzene rings is 2. The Morgan fingerprint density at radius 2 is 1.91 bits per heavy atom. The minimum absolute atomic E-state index is 0.174. The van der Waals surface area contributed by atoms with Gasteiger partial charge in [0.05, 0.1) is 4.88 Å². The van der Waals surface area contributed by atoms with Crippen LogP contribution in [0.1, 0.15) is 15.2 Å². The molecule has 3 rings (SSSR count). The molecule has 0 unspecified atom stereocenters. The van der Waals surface area contributed by atoms with Crippen LogP contribution in [0.2, 0.25) is 5.02 Å². The fourth-order valence-corrected chi connectivity index (χ4v) is 3.28. The molecule has 1 amide bonds. The largest absolute Gasteiger partial charge is 0.347 e. The normalized spacial score (nSPS) is 10.5. The third-order valence-electron chi connectivity index (χ3n) is 3.28. The van der Waals surface area contributed by atoms with Crippen molar-refractivity contribution in [2.24, 2.45) is 0 Å². The molecule has 3 aromatic rings. The van der Waals surface area contributed by atoms with Gasteiger partial charge in [-0.2, -0.15) is 0 Å². The van der Waals surface area contributed by atoms with E-state index in [1.54, 1.807) is 18.2 Å². The Morgan fingerprint density at radius 3 is 2.70 bits per heavy atom. The molecule has 0 saturated heterocycles. The van der Waals surface area contributed by atoms with Crippen LogP contribution < -0.4 is 5.32 Å². The minimum Gasteiger partial charge on any atom is -0.347 e. The van der Waals surface area contributed by atoms with Gasteiger partial charge in [0.2, 0.25) is 0 Å². The van der Waals surface area contributed by atoms with E-state index in [-0.39, 0.29) is 11.7 Å². The number of hydrogen-bond acceptors (Lipinski definition) is 2. The Bertz CT molecular complexity index is 846. The lowest BCUT2D eigenvalue weighted by atomic mass is 10.2. The fraction of sp³-hybridized carbons (Fsp3) is 0.0556. The van der Waals surface area contributed by atoms with E-state index >= 15 is 0 Å². The Kier molecular flexibility index (Phi) is 4.74. The quantitative estimate of drug-likeness (QED) is 0.697. The molecule has 0 saturated carbocycles. The lowest BCUT2D eigenvalue weighted by Gasteiger charge is -2.04. The van der Waals surface area contributed by atoms with Gasteiger partial charge < -0.3 is 5.32 Å². The molecule has 0 aliphatic carbocycles. The first-order valence-electron chi connectivity index (χ1n) is 7.00. The van der Waals surface area contributed by atoms with Crippen LogP contribution >= 0.6 is 22.9 Å². The predicted octanol–water partition coefficient (Wildman–Crippen LogP) is 5.14. The Hall–Kier alpha value is -2.17. The maximum atomic E-state index is 13.1. The number of hydrogen-bond donors (Lipinski definition) is 1. The summed E-state index contributed by atoms with van der Waals surface area (Å²) in [6, 6.07) is 17.4. The Labute approximate surface area is 142 Å². The molecule has 0 aliphatic rings. The molecule has 5 heteroatoms. The average molecular weight is 346 g/mol. The lowest BCUT2D eigenvalue weighted by molar-refractivity contribution is 0.0955. The summed E-state index contributed by atoms with van der Waals surface area (Å²) in [6.07, 6.45) is 0. The third-order valence-corrected chi connectivity index (χ3v) is 4.65. The van der Waals surface area contributed by atoms with Gasteiger partial charge in [0.15, 0.2) is 0 Å². The molecule has 0 bridgehead atoms. The fourth-order valence-electron chi connectivity index (χ4n) is 2.17. The van der Waals surface area contributed by atoms with Crippen molar-refractivity contribution in [2.45, 2.75) is 6.54 Å². The summed E-state index contributed by atoms with van der Waals surface area (Å²) in [7, 11) is 0. The summed E-state index contributed by atoms with van der Waals surface area (Å²) in [4.78, 5) is 13.8. The smallest absolute Gasteiger partial charge is 0.261 e. The van der Waals surface area contributed by atoms with Gasteiger partial charge in [-0.1, -0.05) is 35.9 Å². The van der Waals surface area contributed by atoms with Crippen molar-refractivity contribution in [1.29, 1.82) is 0 Å². The molecule has 0 aliphatic heterocycles. The number of amides is 1. The second-order valence-corrected chi connectivity index (χ2v) is 6.51. The summed E-state index contributed by atoms with van der Waals surface area (Å²) in [5.74, 6) is -0.483. The molecule has 0 radical (unpaired) electrons. The molecular formula is C18H13ClFNOS. The highest BCUT2D eigenvalue weighted by Crippen LogP contribution is 2.29. The number of halogens is 2. The van der Waals surface area contributed by atoms with Crippen LogP contribution in [0.5, 0.6) is 0 Å². The van der Waals surface area contributed by atoms with Gasteiger partial charge in [-0.3, -0.25) is 4.79 Å². The van der Waals surface area contributed by atoms with Crippen molar-refractivity contribution in [2.75, 3.05) is 0 Å². The van der Waals surface area contributed by atoms with Crippen molar-refractivity contribution in [1.82, 2.24) is 5.32 Å². The van der Waals surface area contributed by atoms with Crippen molar-refractivity contribution < 1.29 is 9.18 Å². The average Bonchev–Trinajstić information content (AvgIpc) is 3.03. The number of carbonyl (C=O) groups is 1. The standard InChI is InChI=1S/C18H13ClFNOS/c19-14-5-2-4-13(10-14)16-7-8-17(23-16)18(22)21-11-12-3-1-6-15(20)9-12/h1-10H,11H2,(H,21,22). The lowest BCUT2D eigenvalue weighted by Crippen LogP contribution is -2.21. The van der Waals surface area contributed by atoms with Crippen LogP contribution in [0.4, 0.5) is 4.39 Å². The van der Waals surface area contributed by atoms with Gasteiger partial charge in [-0.05, 0) is 47.5 Å². The van der Waals surface area contributed by atoms with Crippen molar-refractivity contribution in [3.8, 4) is 10.4 Å². The number of thiophene rings is 1. The van der Waals surface area contributed by atoms with E-state index in [2.05, 4.69) is 5.32 Å². The van der Waals surface area contributed by atoms with Crippen molar-refractivity contribution >= 4 is 28.8 Å². The molecule has 2 nitrogen and oxygen atoms in total. The van der Waals surface area contributed by atoms with E-state index in [1.165, 1.54) is 23.5 Å². The van der Waals surface area contributed by atoms with Gasteiger partial charge in [-0.15, -0.1) is 11.3 Å². The zero-order valence-electron chi connectivity index (χ0n) is 12.1. The second-order valence-electron chi connectivity index (χ2n) is 4.99. The molecule has 23 heavy (non-hydrogen) atoms. The van der Waals surface area contributed by atoms with E-state index in [0.717, 1.165) is 16.0 Å². The first kappa shape index (κ1) is 15.7. The summed E-state index contributed by atoms with van der Waals surface area (Å²) in [5, 5.41) is 3.46. The molecule has 2 aromatic carbocycles. The number of carbonyl (C=O) groups excluding carboxylic acids is 1. The Balaban J connectivity index is 1.69. The van der Waals surface area contributed by atoms with Gasteiger partial charge in [0.1, 0.15) is 5.82 Å². The van der Waals surface area contributed by atoms with Crippen LogP contribution in [0, 0.1) is 5.82 Å². The molecular weight excluding hydrogens is 333 g/mol. The summed E-state index contributed by atoms with van der Waals surface area (Å²) in [5.41, 5.74) is 1.71. The zero-order chi connectivity index (χ0) is 16.2. The molecule has 0 spiro atoms. The second kappa shape index (κ2) is 6.94. The first-order chi connectivity index (χ1) is 11.1. The predicted molar refractivity (Wildman–Crippen MR) is 92.3 cm³/mol. The van der Waals surface area contributed by atoms with Crippen LogP contribution in [-0.2, 0) is 6.54 Å². The van der Waals surface area contributed by atoms with Crippen LogP contribution in [0.3, 0.4) is 0 Å². The monoisotopic (exact) mass is 345 g/mol. The molecule has 0 atom stereocenters.